The molecule has 2 aromatic rings. The zero-order valence-electron chi connectivity index (χ0n) is 11.2. The van der Waals surface area contributed by atoms with Gasteiger partial charge in [0.25, 0.3) is 0 Å². The van der Waals surface area contributed by atoms with Gasteiger partial charge in [0, 0.05) is 34.4 Å². The Morgan fingerprint density at radius 2 is 2.00 bits per heavy atom. The van der Waals surface area contributed by atoms with Crippen LogP contribution in [0.4, 0.5) is 13.2 Å². The van der Waals surface area contributed by atoms with E-state index >= 15 is 0 Å². The number of halogens is 4. The van der Waals surface area contributed by atoms with E-state index in [9.17, 15) is 13.2 Å². The molecule has 0 saturated carbocycles. The van der Waals surface area contributed by atoms with Gasteiger partial charge in [-0.3, -0.25) is 0 Å². The average molecular weight is 360 g/mol. The Bertz CT molecular complexity index is 642. The summed E-state index contributed by atoms with van der Waals surface area (Å²) in [6.07, 6.45) is -2.55. The van der Waals surface area contributed by atoms with Crippen molar-refractivity contribution in [3.8, 4) is 11.4 Å². The summed E-state index contributed by atoms with van der Waals surface area (Å²) in [6, 6.07) is 5.44. The zero-order valence-corrected chi connectivity index (χ0v) is 12.7. The van der Waals surface area contributed by atoms with Crippen LogP contribution in [-0.4, -0.2) is 16.0 Å². The molecule has 21 heavy (non-hydrogen) atoms. The topological polar surface area (TPSA) is 51.8 Å². The summed E-state index contributed by atoms with van der Waals surface area (Å²) in [5.74, 6) is 0.0491. The summed E-state index contributed by atoms with van der Waals surface area (Å²) in [4.78, 5) is 8.13. The van der Waals surface area contributed by atoms with Gasteiger partial charge in [0.1, 0.15) is 0 Å². The third-order valence-electron chi connectivity index (χ3n) is 2.77. The van der Waals surface area contributed by atoms with E-state index in [-0.39, 0.29) is 17.4 Å². The first-order valence-electron chi connectivity index (χ1n) is 6.22. The molecule has 1 aromatic heterocycles. The van der Waals surface area contributed by atoms with Crippen molar-refractivity contribution in [2.24, 2.45) is 5.73 Å². The molecule has 0 bridgehead atoms. The maximum absolute atomic E-state index is 13.1. The molecule has 112 valence electrons. The molecule has 0 radical (unpaired) electrons. The fourth-order valence-electron chi connectivity index (χ4n) is 1.92. The van der Waals surface area contributed by atoms with Crippen LogP contribution in [0.3, 0.4) is 0 Å². The van der Waals surface area contributed by atoms with Gasteiger partial charge >= 0.3 is 6.18 Å². The van der Waals surface area contributed by atoms with Crippen molar-refractivity contribution in [1.29, 1.82) is 0 Å². The Labute approximate surface area is 128 Å². The maximum atomic E-state index is 13.1. The van der Waals surface area contributed by atoms with E-state index in [1.807, 2.05) is 6.92 Å². The van der Waals surface area contributed by atoms with Crippen LogP contribution in [0.15, 0.2) is 34.9 Å². The van der Waals surface area contributed by atoms with Crippen LogP contribution in [0, 0.1) is 0 Å². The lowest BCUT2D eigenvalue weighted by Crippen LogP contribution is -2.18. The average Bonchev–Trinajstić information content (AvgIpc) is 2.37. The molecule has 1 atom stereocenters. The van der Waals surface area contributed by atoms with Gasteiger partial charge in [-0.25, -0.2) is 9.97 Å². The second-order valence-electron chi connectivity index (χ2n) is 4.74. The van der Waals surface area contributed by atoms with Crippen LogP contribution >= 0.6 is 15.9 Å². The predicted octanol–water partition coefficient (Wildman–Crippen LogP) is 3.81. The summed E-state index contributed by atoms with van der Waals surface area (Å²) in [6.45, 7) is 1.81. The standard InChI is InChI=1S/C14H13BrF3N3/c1-8(19)6-10-4-5-20-13(21-10)11-3-2-9(15)7-12(11)14(16,17)18/h2-5,7-8H,6,19H2,1H3. The molecule has 0 saturated heterocycles. The minimum atomic E-state index is -4.47. The van der Waals surface area contributed by atoms with Gasteiger partial charge in [0.05, 0.1) is 5.56 Å². The second-order valence-corrected chi connectivity index (χ2v) is 5.66. The molecule has 1 heterocycles. The largest absolute Gasteiger partial charge is 0.417 e. The highest BCUT2D eigenvalue weighted by Gasteiger charge is 2.34. The third-order valence-corrected chi connectivity index (χ3v) is 3.27. The van der Waals surface area contributed by atoms with Crippen molar-refractivity contribution in [1.82, 2.24) is 9.97 Å². The van der Waals surface area contributed by atoms with Gasteiger partial charge in [-0.15, -0.1) is 0 Å². The minimum absolute atomic E-state index is 0.0442. The van der Waals surface area contributed by atoms with Crippen LogP contribution in [0.1, 0.15) is 18.2 Å². The highest BCUT2D eigenvalue weighted by atomic mass is 79.9. The van der Waals surface area contributed by atoms with E-state index < -0.39 is 11.7 Å². The predicted molar refractivity (Wildman–Crippen MR) is 77.5 cm³/mol. The number of nitrogens with zero attached hydrogens (tertiary/aromatic N) is 2. The fourth-order valence-corrected chi connectivity index (χ4v) is 2.28. The van der Waals surface area contributed by atoms with Crippen LogP contribution in [0.2, 0.25) is 0 Å². The van der Waals surface area contributed by atoms with E-state index in [1.54, 1.807) is 6.07 Å². The quantitative estimate of drug-likeness (QED) is 0.906. The summed E-state index contributed by atoms with van der Waals surface area (Å²) >= 11 is 3.05. The molecule has 2 rings (SSSR count). The molecule has 0 amide bonds. The maximum Gasteiger partial charge on any atom is 0.417 e. The molecule has 0 aliphatic carbocycles. The molecule has 1 unspecified atom stereocenters. The Hall–Kier alpha value is -1.47. The number of hydrogen-bond donors (Lipinski definition) is 1. The van der Waals surface area contributed by atoms with Gasteiger partial charge in [0.15, 0.2) is 5.82 Å². The zero-order chi connectivity index (χ0) is 15.6. The minimum Gasteiger partial charge on any atom is -0.328 e. The van der Waals surface area contributed by atoms with Gasteiger partial charge in [-0.05, 0) is 31.2 Å². The lowest BCUT2D eigenvalue weighted by Gasteiger charge is -2.13. The van der Waals surface area contributed by atoms with Crippen molar-refractivity contribution in [3.05, 3.63) is 46.2 Å². The first-order valence-corrected chi connectivity index (χ1v) is 7.01. The fraction of sp³-hybridized carbons (Fsp3) is 0.286. The second kappa shape index (κ2) is 6.11. The van der Waals surface area contributed by atoms with Gasteiger partial charge in [-0.1, -0.05) is 15.9 Å². The molecule has 0 spiro atoms. The summed E-state index contributed by atoms with van der Waals surface area (Å²) in [5.41, 5.74) is 5.49. The van der Waals surface area contributed by atoms with Gasteiger partial charge < -0.3 is 5.73 Å². The molecule has 1 aromatic carbocycles. The Morgan fingerprint density at radius 1 is 1.29 bits per heavy atom. The molecule has 2 N–H and O–H groups in total. The summed E-state index contributed by atoms with van der Waals surface area (Å²) in [5, 5.41) is 0. The lowest BCUT2D eigenvalue weighted by molar-refractivity contribution is -0.137. The molecular formula is C14H13BrF3N3. The van der Waals surface area contributed by atoms with Crippen LogP contribution in [0.25, 0.3) is 11.4 Å². The molecule has 0 fully saturated rings. The van der Waals surface area contributed by atoms with Crippen molar-refractivity contribution in [3.63, 3.8) is 0 Å². The first kappa shape index (κ1) is 15.9. The van der Waals surface area contributed by atoms with Gasteiger partial charge in [-0.2, -0.15) is 13.2 Å². The molecule has 7 heteroatoms. The Morgan fingerprint density at radius 3 is 2.62 bits per heavy atom. The Balaban J connectivity index is 2.52. The van der Waals surface area contributed by atoms with Crippen LogP contribution in [-0.2, 0) is 12.6 Å². The van der Waals surface area contributed by atoms with Crippen molar-refractivity contribution in [2.45, 2.75) is 25.6 Å². The van der Waals surface area contributed by atoms with E-state index in [0.717, 1.165) is 6.07 Å². The molecule has 3 nitrogen and oxygen atoms in total. The molecular weight excluding hydrogens is 347 g/mol. The number of aromatic nitrogens is 2. The van der Waals surface area contributed by atoms with E-state index in [2.05, 4.69) is 25.9 Å². The van der Waals surface area contributed by atoms with Gasteiger partial charge in [0.2, 0.25) is 0 Å². The monoisotopic (exact) mass is 359 g/mol. The normalized spacial score (nSPS) is 13.2. The van der Waals surface area contributed by atoms with Crippen molar-refractivity contribution in [2.75, 3.05) is 0 Å². The highest BCUT2D eigenvalue weighted by Crippen LogP contribution is 2.37. The summed E-state index contributed by atoms with van der Waals surface area (Å²) in [7, 11) is 0. The third kappa shape index (κ3) is 4.01. The SMILES string of the molecule is CC(N)Cc1ccnc(-c2ccc(Br)cc2C(F)(F)F)n1. The molecule has 0 aliphatic rings. The molecule has 0 aliphatic heterocycles. The van der Waals surface area contributed by atoms with Crippen molar-refractivity contribution >= 4 is 15.9 Å². The number of nitrogens with two attached hydrogens (primary N) is 1. The van der Waals surface area contributed by atoms with E-state index in [4.69, 9.17) is 5.73 Å². The number of rotatable bonds is 3. The van der Waals surface area contributed by atoms with Crippen molar-refractivity contribution < 1.29 is 13.2 Å². The lowest BCUT2D eigenvalue weighted by atomic mass is 10.1. The van der Waals surface area contributed by atoms with E-state index in [1.165, 1.54) is 18.3 Å². The number of alkyl halides is 3. The number of hydrogen-bond acceptors (Lipinski definition) is 3. The smallest absolute Gasteiger partial charge is 0.328 e. The van der Waals surface area contributed by atoms with Crippen LogP contribution in [0.5, 0.6) is 0 Å². The first-order chi connectivity index (χ1) is 9.77. The highest BCUT2D eigenvalue weighted by molar-refractivity contribution is 9.10. The van der Waals surface area contributed by atoms with Crippen LogP contribution < -0.4 is 5.73 Å². The van der Waals surface area contributed by atoms with E-state index in [0.29, 0.717) is 16.6 Å². The summed E-state index contributed by atoms with van der Waals surface area (Å²) < 4.78 is 39.7. The number of benzene rings is 1. The Kier molecular flexibility index (Phi) is 4.63.